The maximum Gasteiger partial charge on any atom is 0.251 e. The van der Waals surface area contributed by atoms with Gasteiger partial charge in [-0.25, -0.2) is 18.7 Å². The van der Waals surface area contributed by atoms with E-state index in [1.807, 2.05) is 6.07 Å². The Morgan fingerprint density at radius 3 is 2.69 bits per heavy atom. The Kier molecular flexibility index (Phi) is 2.69. The van der Waals surface area contributed by atoms with Gasteiger partial charge in [-0.15, -0.1) is 0 Å². The minimum Gasteiger partial charge on any atom is -0.340 e. The molecule has 84 valence electrons. The van der Waals surface area contributed by atoms with Crippen LogP contribution in [0, 0.1) is 11.3 Å². The molecule has 0 spiro atoms. The molecule has 0 N–H and O–H groups in total. The first-order valence-electron chi connectivity index (χ1n) is 4.97. The van der Waals surface area contributed by atoms with E-state index in [1.165, 1.54) is 12.3 Å². The van der Waals surface area contributed by atoms with Gasteiger partial charge in [0.25, 0.3) is 5.92 Å². The first-order chi connectivity index (χ1) is 7.61. The van der Waals surface area contributed by atoms with Gasteiger partial charge in [0, 0.05) is 32.1 Å². The van der Waals surface area contributed by atoms with Crippen LogP contribution in [0.5, 0.6) is 0 Å². The van der Waals surface area contributed by atoms with E-state index < -0.39 is 5.92 Å². The minimum absolute atomic E-state index is 0.187. The van der Waals surface area contributed by atoms with Gasteiger partial charge in [0.05, 0.1) is 0 Å². The van der Waals surface area contributed by atoms with Crippen LogP contribution in [0.2, 0.25) is 0 Å². The molecule has 16 heavy (non-hydrogen) atoms. The van der Waals surface area contributed by atoms with E-state index >= 15 is 0 Å². The molecular formula is C10H10F2N4. The van der Waals surface area contributed by atoms with Crippen molar-refractivity contribution in [2.45, 2.75) is 18.8 Å². The summed E-state index contributed by atoms with van der Waals surface area (Å²) in [6.07, 6.45) is 1.09. The molecule has 1 fully saturated rings. The second-order valence-electron chi connectivity index (χ2n) is 3.70. The van der Waals surface area contributed by atoms with Crippen LogP contribution in [0.1, 0.15) is 18.5 Å². The molecule has 1 aliphatic heterocycles. The highest BCUT2D eigenvalue weighted by Gasteiger charge is 2.34. The molecule has 1 aromatic heterocycles. The summed E-state index contributed by atoms with van der Waals surface area (Å²) in [6, 6.07) is 3.38. The van der Waals surface area contributed by atoms with Crippen molar-refractivity contribution in [2.75, 3.05) is 18.0 Å². The Labute approximate surface area is 91.5 Å². The standard InChI is InChI=1S/C10H10F2N4/c11-10(12)2-5-16(6-3-10)9-14-4-1-8(7-13)15-9/h1,4H,2-3,5-6H2. The summed E-state index contributed by atoms with van der Waals surface area (Å²) in [5.74, 6) is -2.22. The topological polar surface area (TPSA) is 52.8 Å². The fraction of sp³-hybridized carbons (Fsp3) is 0.500. The van der Waals surface area contributed by atoms with Crippen LogP contribution in [0.15, 0.2) is 12.3 Å². The van der Waals surface area contributed by atoms with Gasteiger partial charge in [0.15, 0.2) is 0 Å². The molecule has 2 rings (SSSR count). The monoisotopic (exact) mass is 224 g/mol. The number of anilines is 1. The third-order valence-corrected chi connectivity index (χ3v) is 2.54. The average Bonchev–Trinajstić information content (AvgIpc) is 2.29. The minimum atomic E-state index is -2.58. The fourth-order valence-corrected chi connectivity index (χ4v) is 1.60. The van der Waals surface area contributed by atoms with E-state index in [4.69, 9.17) is 5.26 Å². The molecule has 6 heteroatoms. The largest absolute Gasteiger partial charge is 0.340 e. The van der Waals surface area contributed by atoms with Crippen molar-refractivity contribution in [3.8, 4) is 6.07 Å². The highest BCUT2D eigenvalue weighted by Crippen LogP contribution is 2.28. The maximum atomic E-state index is 12.9. The molecule has 0 aliphatic carbocycles. The zero-order valence-electron chi connectivity index (χ0n) is 8.53. The Balaban J connectivity index is 2.11. The quantitative estimate of drug-likeness (QED) is 0.726. The van der Waals surface area contributed by atoms with Crippen molar-refractivity contribution in [3.05, 3.63) is 18.0 Å². The average molecular weight is 224 g/mol. The van der Waals surface area contributed by atoms with Gasteiger partial charge in [0.1, 0.15) is 11.8 Å². The van der Waals surface area contributed by atoms with Crippen LogP contribution in [0.25, 0.3) is 0 Å². The van der Waals surface area contributed by atoms with Crippen molar-refractivity contribution in [1.29, 1.82) is 5.26 Å². The zero-order chi connectivity index (χ0) is 11.6. The molecule has 0 bridgehead atoms. The van der Waals surface area contributed by atoms with Crippen LogP contribution in [0.4, 0.5) is 14.7 Å². The first kappa shape index (κ1) is 10.7. The van der Waals surface area contributed by atoms with Crippen LogP contribution in [0.3, 0.4) is 0 Å². The summed E-state index contributed by atoms with van der Waals surface area (Å²) in [5.41, 5.74) is 0.252. The van der Waals surface area contributed by atoms with Crippen molar-refractivity contribution in [3.63, 3.8) is 0 Å². The summed E-state index contributed by atoms with van der Waals surface area (Å²) >= 11 is 0. The third kappa shape index (κ3) is 2.24. The number of piperidine rings is 1. The van der Waals surface area contributed by atoms with E-state index in [0.29, 0.717) is 5.95 Å². The SMILES string of the molecule is N#Cc1ccnc(N2CCC(F)(F)CC2)n1. The predicted molar refractivity (Wildman–Crippen MR) is 53.1 cm³/mol. The van der Waals surface area contributed by atoms with Gasteiger partial charge in [-0.3, -0.25) is 0 Å². The summed E-state index contributed by atoms with van der Waals surface area (Å²) in [5, 5.41) is 8.66. The van der Waals surface area contributed by atoms with E-state index in [1.54, 1.807) is 4.90 Å². The van der Waals surface area contributed by atoms with Crippen molar-refractivity contribution in [2.24, 2.45) is 0 Å². The lowest BCUT2D eigenvalue weighted by Crippen LogP contribution is -2.40. The number of aromatic nitrogens is 2. The molecule has 0 saturated carbocycles. The molecule has 4 nitrogen and oxygen atoms in total. The van der Waals surface area contributed by atoms with Gasteiger partial charge in [0.2, 0.25) is 5.95 Å². The number of hydrogen-bond acceptors (Lipinski definition) is 4. The molecule has 1 aromatic rings. The second kappa shape index (κ2) is 4.00. The van der Waals surface area contributed by atoms with Crippen LogP contribution < -0.4 is 4.90 Å². The Morgan fingerprint density at radius 2 is 2.06 bits per heavy atom. The summed E-state index contributed by atoms with van der Waals surface area (Å²) in [6.45, 7) is 0.448. The first-order valence-corrected chi connectivity index (χ1v) is 4.97. The third-order valence-electron chi connectivity index (χ3n) is 2.54. The van der Waals surface area contributed by atoms with Gasteiger partial charge >= 0.3 is 0 Å². The van der Waals surface area contributed by atoms with Gasteiger partial charge in [-0.05, 0) is 6.07 Å². The van der Waals surface area contributed by atoms with Crippen LogP contribution in [-0.2, 0) is 0 Å². The number of alkyl halides is 2. The van der Waals surface area contributed by atoms with Crippen molar-refractivity contribution < 1.29 is 8.78 Å². The lowest BCUT2D eigenvalue weighted by atomic mass is 10.1. The summed E-state index contributed by atoms with van der Waals surface area (Å²) < 4.78 is 25.8. The Morgan fingerprint density at radius 1 is 1.38 bits per heavy atom. The molecule has 0 amide bonds. The molecule has 1 saturated heterocycles. The van der Waals surface area contributed by atoms with Gasteiger partial charge in [-0.1, -0.05) is 0 Å². The number of nitrogens with zero attached hydrogens (tertiary/aromatic N) is 4. The Bertz CT molecular complexity index is 417. The number of rotatable bonds is 1. The fourth-order valence-electron chi connectivity index (χ4n) is 1.60. The highest BCUT2D eigenvalue weighted by molar-refractivity contribution is 5.34. The highest BCUT2D eigenvalue weighted by atomic mass is 19.3. The molecular weight excluding hydrogens is 214 g/mol. The molecule has 0 atom stereocenters. The zero-order valence-corrected chi connectivity index (χ0v) is 8.53. The maximum absolute atomic E-state index is 12.9. The molecule has 1 aliphatic rings. The number of nitriles is 1. The van der Waals surface area contributed by atoms with Crippen molar-refractivity contribution in [1.82, 2.24) is 9.97 Å². The van der Waals surface area contributed by atoms with Crippen molar-refractivity contribution >= 4 is 5.95 Å². The molecule has 0 unspecified atom stereocenters. The van der Waals surface area contributed by atoms with E-state index in [9.17, 15) is 8.78 Å². The van der Waals surface area contributed by atoms with E-state index in [-0.39, 0.29) is 31.6 Å². The number of hydrogen-bond donors (Lipinski definition) is 0. The predicted octanol–water partition coefficient (Wildman–Crippen LogP) is 1.58. The molecule has 0 radical (unpaired) electrons. The molecule has 2 heterocycles. The summed E-state index contributed by atoms with van der Waals surface area (Å²) in [7, 11) is 0. The normalized spacial score (nSPS) is 19.2. The van der Waals surface area contributed by atoms with E-state index in [2.05, 4.69) is 9.97 Å². The second-order valence-corrected chi connectivity index (χ2v) is 3.70. The van der Waals surface area contributed by atoms with Gasteiger partial charge in [-0.2, -0.15) is 5.26 Å². The molecule has 0 aromatic carbocycles. The Hall–Kier alpha value is -1.77. The van der Waals surface area contributed by atoms with E-state index in [0.717, 1.165) is 0 Å². The number of halogens is 2. The van der Waals surface area contributed by atoms with Crippen LogP contribution >= 0.6 is 0 Å². The summed E-state index contributed by atoms with van der Waals surface area (Å²) in [4.78, 5) is 9.63. The van der Waals surface area contributed by atoms with Crippen LogP contribution in [-0.4, -0.2) is 29.0 Å². The van der Waals surface area contributed by atoms with Gasteiger partial charge < -0.3 is 4.90 Å². The smallest absolute Gasteiger partial charge is 0.251 e. The lowest BCUT2D eigenvalue weighted by Gasteiger charge is -2.31. The lowest BCUT2D eigenvalue weighted by molar-refractivity contribution is -0.0222.